The Morgan fingerprint density at radius 1 is 1.20 bits per heavy atom. The summed E-state index contributed by atoms with van der Waals surface area (Å²) >= 11 is 0. The van der Waals surface area contributed by atoms with Crippen LogP contribution in [-0.4, -0.2) is 4.98 Å². The molecule has 3 nitrogen and oxygen atoms in total. The average Bonchev–Trinajstić information content (AvgIpc) is 2.81. The minimum atomic E-state index is -0.312. The number of hydrogen-bond acceptors (Lipinski definition) is 3. The molecule has 3 rings (SSSR count). The van der Waals surface area contributed by atoms with E-state index in [1.807, 2.05) is 6.07 Å². The fourth-order valence-corrected chi connectivity index (χ4v) is 2.26. The highest BCUT2D eigenvalue weighted by atomic mass is 19.1. The van der Waals surface area contributed by atoms with Gasteiger partial charge >= 0.3 is 0 Å². The molecule has 20 heavy (non-hydrogen) atoms. The lowest BCUT2D eigenvalue weighted by Crippen LogP contribution is -1.92. The Morgan fingerprint density at radius 2 is 2.00 bits per heavy atom. The average molecular weight is 270 g/mol. The van der Waals surface area contributed by atoms with E-state index in [2.05, 4.69) is 18.8 Å². The number of benzene rings is 2. The van der Waals surface area contributed by atoms with Crippen molar-refractivity contribution in [3.63, 3.8) is 0 Å². The van der Waals surface area contributed by atoms with Crippen molar-refractivity contribution in [3.8, 4) is 11.5 Å². The summed E-state index contributed by atoms with van der Waals surface area (Å²) in [6.07, 6.45) is 0. The van der Waals surface area contributed by atoms with Gasteiger partial charge in [-0.2, -0.15) is 0 Å². The topological polar surface area (TPSA) is 52.0 Å². The van der Waals surface area contributed by atoms with Crippen molar-refractivity contribution in [3.05, 3.63) is 47.8 Å². The quantitative estimate of drug-likeness (QED) is 0.705. The number of hydrogen-bond donors (Lipinski definition) is 1. The highest BCUT2D eigenvalue weighted by Gasteiger charge is 2.15. The van der Waals surface area contributed by atoms with Crippen molar-refractivity contribution in [1.82, 2.24) is 4.98 Å². The third kappa shape index (κ3) is 2.13. The highest BCUT2D eigenvalue weighted by molar-refractivity contribution is 5.83. The lowest BCUT2D eigenvalue weighted by Gasteiger charge is -2.06. The normalized spacial score (nSPS) is 11.4. The Kier molecular flexibility index (Phi) is 2.93. The molecule has 0 aliphatic rings. The molecule has 3 aromatic rings. The lowest BCUT2D eigenvalue weighted by molar-refractivity contribution is 0.605. The summed E-state index contributed by atoms with van der Waals surface area (Å²) < 4.78 is 19.1. The van der Waals surface area contributed by atoms with Gasteiger partial charge in [-0.05, 0) is 36.2 Å². The van der Waals surface area contributed by atoms with Crippen LogP contribution in [0.15, 0.2) is 40.8 Å². The number of nitrogens with two attached hydrogens (primary N) is 1. The van der Waals surface area contributed by atoms with E-state index in [9.17, 15) is 4.39 Å². The van der Waals surface area contributed by atoms with E-state index in [1.165, 1.54) is 12.1 Å². The number of rotatable bonds is 2. The fourth-order valence-electron chi connectivity index (χ4n) is 2.26. The van der Waals surface area contributed by atoms with Gasteiger partial charge in [-0.1, -0.05) is 19.9 Å². The van der Waals surface area contributed by atoms with Crippen molar-refractivity contribution < 1.29 is 8.81 Å². The second-order valence-corrected chi connectivity index (χ2v) is 5.14. The predicted octanol–water partition coefficient (Wildman–Crippen LogP) is 4.34. The summed E-state index contributed by atoms with van der Waals surface area (Å²) in [6, 6.07) is 9.87. The minimum absolute atomic E-state index is 0.273. The standard InChI is InChI=1S/C16H15FN2O/c1-9(2)13-7-12(18)8-14-15(13)20-16(19-14)10-4-3-5-11(17)6-10/h3-9H,18H2,1-2H3. The molecule has 1 heterocycles. The van der Waals surface area contributed by atoms with Gasteiger partial charge in [0.1, 0.15) is 11.3 Å². The van der Waals surface area contributed by atoms with Crippen LogP contribution in [0.1, 0.15) is 25.3 Å². The molecule has 0 unspecified atom stereocenters. The lowest BCUT2D eigenvalue weighted by atomic mass is 10.0. The van der Waals surface area contributed by atoms with Gasteiger partial charge in [0.2, 0.25) is 5.89 Å². The summed E-state index contributed by atoms with van der Waals surface area (Å²) in [5, 5.41) is 0. The van der Waals surface area contributed by atoms with E-state index < -0.39 is 0 Å². The van der Waals surface area contributed by atoms with Crippen molar-refractivity contribution in [2.45, 2.75) is 19.8 Å². The molecule has 2 aromatic carbocycles. The molecule has 0 spiro atoms. The summed E-state index contributed by atoms with van der Waals surface area (Å²) in [6.45, 7) is 4.14. The van der Waals surface area contributed by atoms with Crippen molar-refractivity contribution >= 4 is 16.8 Å². The van der Waals surface area contributed by atoms with Crippen LogP contribution in [0.5, 0.6) is 0 Å². The van der Waals surface area contributed by atoms with Crippen LogP contribution in [0.25, 0.3) is 22.6 Å². The van der Waals surface area contributed by atoms with E-state index in [0.717, 1.165) is 5.56 Å². The van der Waals surface area contributed by atoms with E-state index in [0.29, 0.717) is 28.2 Å². The largest absolute Gasteiger partial charge is 0.436 e. The SMILES string of the molecule is CC(C)c1cc(N)cc2nc(-c3cccc(F)c3)oc12. The molecule has 0 radical (unpaired) electrons. The van der Waals surface area contributed by atoms with Gasteiger partial charge in [-0.3, -0.25) is 0 Å². The molecule has 0 aliphatic heterocycles. The Balaban J connectivity index is 2.22. The van der Waals surface area contributed by atoms with Gasteiger partial charge < -0.3 is 10.2 Å². The minimum Gasteiger partial charge on any atom is -0.436 e. The summed E-state index contributed by atoms with van der Waals surface area (Å²) in [7, 11) is 0. The van der Waals surface area contributed by atoms with Gasteiger partial charge in [0, 0.05) is 16.8 Å². The monoisotopic (exact) mass is 270 g/mol. The molecule has 0 atom stereocenters. The van der Waals surface area contributed by atoms with Crippen LogP contribution >= 0.6 is 0 Å². The second kappa shape index (κ2) is 4.63. The molecule has 0 saturated carbocycles. The first kappa shape index (κ1) is 12.7. The number of fused-ring (bicyclic) bond motifs is 1. The maximum absolute atomic E-state index is 13.3. The van der Waals surface area contributed by atoms with E-state index in [1.54, 1.807) is 18.2 Å². The highest BCUT2D eigenvalue weighted by Crippen LogP contribution is 2.32. The van der Waals surface area contributed by atoms with Crippen molar-refractivity contribution in [1.29, 1.82) is 0 Å². The van der Waals surface area contributed by atoms with Gasteiger partial charge in [-0.25, -0.2) is 9.37 Å². The Labute approximate surface area is 116 Å². The molecular formula is C16H15FN2O. The maximum atomic E-state index is 13.3. The Hall–Kier alpha value is -2.36. The first-order valence-electron chi connectivity index (χ1n) is 6.50. The third-order valence-corrected chi connectivity index (χ3v) is 3.23. The molecule has 1 aromatic heterocycles. The molecular weight excluding hydrogens is 255 g/mol. The molecule has 102 valence electrons. The summed E-state index contributed by atoms with van der Waals surface area (Å²) in [4.78, 5) is 4.41. The van der Waals surface area contributed by atoms with Gasteiger partial charge in [0.05, 0.1) is 0 Å². The number of nitrogens with zero attached hydrogens (tertiary/aromatic N) is 1. The van der Waals surface area contributed by atoms with Gasteiger partial charge in [-0.15, -0.1) is 0 Å². The van der Waals surface area contributed by atoms with Crippen LogP contribution in [-0.2, 0) is 0 Å². The first-order chi connectivity index (χ1) is 9.54. The van der Waals surface area contributed by atoms with Crippen LogP contribution in [0.2, 0.25) is 0 Å². The number of aromatic nitrogens is 1. The fraction of sp³-hybridized carbons (Fsp3) is 0.188. The van der Waals surface area contributed by atoms with Crippen LogP contribution < -0.4 is 5.73 Å². The van der Waals surface area contributed by atoms with Crippen LogP contribution in [0, 0.1) is 5.82 Å². The number of anilines is 1. The molecule has 0 saturated heterocycles. The van der Waals surface area contributed by atoms with Crippen molar-refractivity contribution in [2.24, 2.45) is 0 Å². The zero-order valence-electron chi connectivity index (χ0n) is 11.4. The maximum Gasteiger partial charge on any atom is 0.227 e. The first-order valence-corrected chi connectivity index (χ1v) is 6.50. The zero-order chi connectivity index (χ0) is 14.3. The summed E-state index contributed by atoms with van der Waals surface area (Å²) in [5.74, 6) is 0.370. The van der Waals surface area contributed by atoms with Crippen LogP contribution in [0.4, 0.5) is 10.1 Å². The van der Waals surface area contributed by atoms with Gasteiger partial charge in [0.15, 0.2) is 5.58 Å². The van der Waals surface area contributed by atoms with Crippen molar-refractivity contribution in [2.75, 3.05) is 5.73 Å². The van der Waals surface area contributed by atoms with E-state index >= 15 is 0 Å². The van der Waals surface area contributed by atoms with Gasteiger partial charge in [0.25, 0.3) is 0 Å². The molecule has 4 heteroatoms. The zero-order valence-corrected chi connectivity index (χ0v) is 11.4. The predicted molar refractivity (Wildman–Crippen MR) is 77.9 cm³/mol. The molecule has 0 bridgehead atoms. The smallest absolute Gasteiger partial charge is 0.227 e. The van der Waals surface area contributed by atoms with E-state index in [-0.39, 0.29) is 11.7 Å². The molecule has 0 amide bonds. The molecule has 0 aliphatic carbocycles. The third-order valence-electron chi connectivity index (χ3n) is 3.23. The molecule has 2 N–H and O–H groups in total. The Bertz CT molecular complexity index is 777. The number of nitrogen functional groups attached to an aromatic ring is 1. The molecule has 0 fully saturated rings. The number of oxazole rings is 1. The number of halogens is 1. The van der Waals surface area contributed by atoms with Crippen LogP contribution in [0.3, 0.4) is 0 Å². The summed E-state index contributed by atoms with van der Waals surface area (Å²) in [5.41, 5.74) is 9.59. The Morgan fingerprint density at radius 3 is 2.70 bits per heavy atom. The van der Waals surface area contributed by atoms with E-state index in [4.69, 9.17) is 10.2 Å². The second-order valence-electron chi connectivity index (χ2n) is 5.14.